The lowest BCUT2D eigenvalue weighted by Crippen LogP contribution is -2.13. The van der Waals surface area contributed by atoms with Gasteiger partial charge in [0.15, 0.2) is 5.78 Å². The van der Waals surface area contributed by atoms with Gasteiger partial charge in [0.25, 0.3) is 0 Å². The highest BCUT2D eigenvalue weighted by molar-refractivity contribution is 5.95. The highest BCUT2D eigenvalue weighted by Crippen LogP contribution is 2.27. The van der Waals surface area contributed by atoms with Crippen molar-refractivity contribution in [2.75, 3.05) is 6.61 Å². The third-order valence-electron chi connectivity index (χ3n) is 1.95. The van der Waals surface area contributed by atoms with Crippen molar-refractivity contribution in [3.8, 4) is 0 Å². The summed E-state index contributed by atoms with van der Waals surface area (Å²) in [7, 11) is 0. The van der Waals surface area contributed by atoms with Crippen LogP contribution in [0.4, 0.5) is 0 Å². The topological polar surface area (TPSA) is 26.3 Å². The van der Waals surface area contributed by atoms with Gasteiger partial charge < -0.3 is 4.74 Å². The molecule has 0 amide bonds. The van der Waals surface area contributed by atoms with Crippen molar-refractivity contribution >= 4 is 5.78 Å². The van der Waals surface area contributed by atoms with Crippen molar-refractivity contribution in [2.24, 2.45) is 5.92 Å². The highest BCUT2D eigenvalue weighted by Gasteiger charge is 2.34. The molecule has 0 aromatic carbocycles. The molecule has 2 heteroatoms. The predicted molar refractivity (Wildman–Crippen MR) is 32.0 cm³/mol. The monoisotopic (exact) mass is 124 g/mol. The summed E-state index contributed by atoms with van der Waals surface area (Å²) in [4.78, 5) is 10.9. The third kappa shape index (κ3) is 0.630. The van der Waals surface area contributed by atoms with Crippen LogP contribution in [0.15, 0.2) is 12.2 Å². The van der Waals surface area contributed by atoms with Gasteiger partial charge in [-0.25, -0.2) is 0 Å². The van der Waals surface area contributed by atoms with E-state index in [9.17, 15) is 4.79 Å². The minimum Gasteiger partial charge on any atom is -0.373 e. The van der Waals surface area contributed by atoms with Crippen LogP contribution >= 0.6 is 0 Å². The van der Waals surface area contributed by atoms with E-state index in [1.165, 1.54) is 0 Å². The van der Waals surface area contributed by atoms with Gasteiger partial charge >= 0.3 is 0 Å². The van der Waals surface area contributed by atoms with Crippen molar-refractivity contribution < 1.29 is 9.53 Å². The van der Waals surface area contributed by atoms with Crippen molar-refractivity contribution in [1.29, 1.82) is 0 Å². The molecule has 2 atom stereocenters. The maximum atomic E-state index is 10.9. The highest BCUT2D eigenvalue weighted by atomic mass is 16.5. The lowest BCUT2D eigenvalue weighted by molar-refractivity contribution is -0.117. The van der Waals surface area contributed by atoms with Crippen molar-refractivity contribution in [2.45, 2.75) is 12.5 Å². The Morgan fingerprint density at radius 2 is 2.56 bits per heavy atom. The fourth-order valence-corrected chi connectivity index (χ4v) is 1.42. The van der Waals surface area contributed by atoms with Crippen LogP contribution < -0.4 is 0 Å². The Balaban J connectivity index is 2.24. The zero-order valence-electron chi connectivity index (χ0n) is 5.04. The largest absolute Gasteiger partial charge is 0.373 e. The molecule has 2 aliphatic rings. The first-order chi connectivity index (χ1) is 4.38. The van der Waals surface area contributed by atoms with E-state index < -0.39 is 0 Å². The molecule has 0 saturated carbocycles. The van der Waals surface area contributed by atoms with Gasteiger partial charge in [0.1, 0.15) is 0 Å². The average Bonchev–Trinajstić information content (AvgIpc) is 2.35. The van der Waals surface area contributed by atoms with E-state index in [0.29, 0.717) is 0 Å². The zero-order chi connectivity index (χ0) is 6.27. The fourth-order valence-electron chi connectivity index (χ4n) is 1.42. The minimum absolute atomic E-state index is 0.123. The molecule has 9 heavy (non-hydrogen) atoms. The number of carbonyl (C=O) groups is 1. The number of ketones is 1. The molecule has 2 rings (SSSR count). The van der Waals surface area contributed by atoms with Gasteiger partial charge in [-0.2, -0.15) is 0 Å². The Bertz CT molecular complexity index is 172. The van der Waals surface area contributed by atoms with Crippen molar-refractivity contribution in [3.05, 3.63) is 12.2 Å². The number of fused-ring (bicyclic) bond motifs is 1. The number of allylic oxidation sites excluding steroid dienone is 1. The van der Waals surface area contributed by atoms with Crippen LogP contribution in [0, 0.1) is 5.92 Å². The van der Waals surface area contributed by atoms with E-state index in [0.717, 1.165) is 13.0 Å². The lowest BCUT2D eigenvalue weighted by atomic mass is 10.0. The molecule has 1 heterocycles. The summed E-state index contributed by atoms with van der Waals surface area (Å²) in [6, 6.07) is 0. The molecule has 1 aliphatic heterocycles. The molecule has 0 spiro atoms. The number of carbonyl (C=O) groups excluding carboxylic acids is 1. The van der Waals surface area contributed by atoms with Gasteiger partial charge in [0.2, 0.25) is 0 Å². The molecule has 1 aliphatic carbocycles. The van der Waals surface area contributed by atoms with E-state index in [2.05, 4.69) is 0 Å². The van der Waals surface area contributed by atoms with Crippen LogP contribution in [-0.4, -0.2) is 18.5 Å². The first-order valence-electron chi connectivity index (χ1n) is 3.21. The van der Waals surface area contributed by atoms with Crippen molar-refractivity contribution in [3.63, 3.8) is 0 Å². The predicted octanol–water partition coefficient (Wildman–Crippen LogP) is 0.530. The van der Waals surface area contributed by atoms with Gasteiger partial charge in [0, 0.05) is 6.61 Å². The molecular formula is C7H8O2. The van der Waals surface area contributed by atoms with Gasteiger partial charge in [-0.3, -0.25) is 4.79 Å². The quantitative estimate of drug-likeness (QED) is 0.471. The van der Waals surface area contributed by atoms with Gasteiger partial charge in [0.05, 0.1) is 12.0 Å². The Labute approximate surface area is 53.5 Å². The van der Waals surface area contributed by atoms with E-state index in [1.807, 2.05) is 6.08 Å². The summed E-state index contributed by atoms with van der Waals surface area (Å²) < 4.78 is 5.24. The Morgan fingerprint density at radius 3 is 3.33 bits per heavy atom. The Hall–Kier alpha value is -0.630. The summed E-state index contributed by atoms with van der Waals surface area (Å²) in [5.74, 6) is 0.419. The van der Waals surface area contributed by atoms with Crippen LogP contribution in [0.5, 0.6) is 0 Å². The van der Waals surface area contributed by atoms with Crippen LogP contribution in [0.25, 0.3) is 0 Å². The molecule has 1 saturated heterocycles. The molecule has 2 unspecified atom stereocenters. The molecular weight excluding hydrogens is 116 g/mol. The summed E-state index contributed by atoms with van der Waals surface area (Å²) in [5, 5.41) is 0. The molecule has 0 radical (unpaired) electrons. The molecule has 0 aromatic heterocycles. The molecule has 48 valence electrons. The van der Waals surface area contributed by atoms with Gasteiger partial charge in [-0.05, 0) is 12.5 Å². The van der Waals surface area contributed by atoms with E-state index >= 15 is 0 Å². The second kappa shape index (κ2) is 1.67. The number of rotatable bonds is 0. The molecule has 0 N–H and O–H groups in total. The molecule has 0 bridgehead atoms. The SMILES string of the molecule is O=C1C=CC2OCCC12. The molecule has 1 fully saturated rings. The lowest BCUT2D eigenvalue weighted by Gasteiger charge is -2.02. The maximum absolute atomic E-state index is 10.9. The normalized spacial score (nSPS) is 39.8. The summed E-state index contributed by atoms with van der Waals surface area (Å²) >= 11 is 0. The Morgan fingerprint density at radius 1 is 1.67 bits per heavy atom. The minimum atomic E-state index is 0.123. The maximum Gasteiger partial charge on any atom is 0.161 e. The van der Waals surface area contributed by atoms with E-state index in [-0.39, 0.29) is 17.8 Å². The second-order valence-corrected chi connectivity index (χ2v) is 2.49. The molecule has 0 aromatic rings. The second-order valence-electron chi connectivity index (χ2n) is 2.49. The van der Waals surface area contributed by atoms with Gasteiger partial charge in [-0.1, -0.05) is 6.08 Å². The summed E-state index contributed by atoms with van der Waals surface area (Å²) in [5.41, 5.74) is 0. The fraction of sp³-hybridized carbons (Fsp3) is 0.571. The van der Waals surface area contributed by atoms with Crippen molar-refractivity contribution in [1.82, 2.24) is 0 Å². The smallest absolute Gasteiger partial charge is 0.161 e. The number of ether oxygens (including phenoxy) is 1. The third-order valence-corrected chi connectivity index (χ3v) is 1.95. The van der Waals surface area contributed by atoms with Crippen LogP contribution in [-0.2, 0) is 9.53 Å². The van der Waals surface area contributed by atoms with Crippen LogP contribution in [0.1, 0.15) is 6.42 Å². The first-order valence-corrected chi connectivity index (χ1v) is 3.21. The van der Waals surface area contributed by atoms with Gasteiger partial charge in [-0.15, -0.1) is 0 Å². The van der Waals surface area contributed by atoms with Crippen LogP contribution in [0.2, 0.25) is 0 Å². The van der Waals surface area contributed by atoms with Crippen LogP contribution in [0.3, 0.4) is 0 Å². The zero-order valence-corrected chi connectivity index (χ0v) is 5.04. The standard InChI is InChI=1S/C7H8O2/c8-6-1-2-7-5(6)3-4-9-7/h1-2,5,7H,3-4H2. The van der Waals surface area contributed by atoms with E-state index in [4.69, 9.17) is 4.74 Å². The number of hydrogen-bond acceptors (Lipinski definition) is 2. The summed E-state index contributed by atoms with van der Waals surface area (Å²) in [6.07, 6.45) is 4.53. The summed E-state index contributed by atoms with van der Waals surface area (Å²) in [6.45, 7) is 0.755. The molecule has 2 nitrogen and oxygen atoms in total. The van der Waals surface area contributed by atoms with E-state index in [1.54, 1.807) is 6.08 Å². The number of hydrogen-bond donors (Lipinski definition) is 0. The Kier molecular flexibility index (Phi) is 0.963. The average molecular weight is 124 g/mol. The first kappa shape index (κ1) is 5.18.